The van der Waals surface area contributed by atoms with Crippen molar-refractivity contribution in [2.45, 2.75) is 38.8 Å². The zero-order chi connectivity index (χ0) is 14.5. The molecule has 1 aliphatic rings. The molecule has 1 atom stereocenters. The van der Waals surface area contributed by atoms with Crippen molar-refractivity contribution in [1.82, 2.24) is 10.2 Å². The van der Waals surface area contributed by atoms with E-state index in [0.717, 1.165) is 37.9 Å². The van der Waals surface area contributed by atoms with Crippen LogP contribution < -0.4 is 5.32 Å². The van der Waals surface area contributed by atoms with Crippen molar-refractivity contribution in [1.29, 1.82) is 0 Å². The fraction of sp³-hybridized carbons (Fsp3) is 0.533. The van der Waals surface area contributed by atoms with Crippen molar-refractivity contribution in [2.24, 2.45) is 0 Å². The summed E-state index contributed by atoms with van der Waals surface area (Å²) in [6.45, 7) is 4.33. The molecule has 0 spiro atoms. The summed E-state index contributed by atoms with van der Waals surface area (Å²) in [6, 6.07) is 4.47. The van der Waals surface area contributed by atoms with Crippen LogP contribution in [0, 0.1) is 5.82 Å². The van der Waals surface area contributed by atoms with Gasteiger partial charge in [-0.15, -0.1) is 0 Å². The first kappa shape index (κ1) is 15.3. The van der Waals surface area contributed by atoms with Crippen molar-refractivity contribution in [3.63, 3.8) is 0 Å². The molecule has 0 unspecified atom stereocenters. The number of hydrogen-bond donors (Lipinski definition) is 1. The molecule has 0 aliphatic carbocycles. The van der Waals surface area contributed by atoms with Gasteiger partial charge in [0.2, 0.25) is 5.91 Å². The summed E-state index contributed by atoms with van der Waals surface area (Å²) in [4.78, 5) is 14.4. The Hall–Kier alpha value is -1.13. The Bertz CT molecular complexity index is 481. The Morgan fingerprint density at radius 3 is 3.00 bits per heavy atom. The summed E-state index contributed by atoms with van der Waals surface area (Å²) in [7, 11) is 0. The number of likely N-dealkylation sites (tertiary alicyclic amines) is 1. The van der Waals surface area contributed by atoms with Crippen molar-refractivity contribution < 1.29 is 9.18 Å². The van der Waals surface area contributed by atoms with E-state index in [1.807, 2.05) is 0 Å². The van der Waals surface area contributed by atoms with Crippen LogP contribution in [-0.2, 0) is 11.3 Å². The molecule has 1 saturated heterocycles. The molecular weight excluding hydrogens is 279 g/mol. The number of piperidine rings is 1. The Kier molecular flexibility index (Phi) is 5.38. The van der Waals surface area contributed by atoms with Crippen LogP contribution in [0.4, 0.5) is 4.39 Å². The van der Waals surface area contributed by atoms with Crippen LogP contribution in [0.2, 0.25) is 5.02 Å². The molecule has 0 radical (unpaired) electrons. The lowest BCUT2D eigenvalue weighted by molar-refractivity contribution is -0.127. The summed E-state index contributed by atoms with van der Waals surface area (Å²) in [5, 5.41) is 3.01. The van der Waals surface area contributed by atoms with Gasteiger partial charge in [0.25, 0.3) is 0 Å². The van der Waals surface area contributed by atoms with Crippen LogP contribution >= 0.6 is 11.6 Å². The smallest absolute Gasteiger partial charge is 0.237 e. The standard InChI is InChI=1S/C15H20ClFN2O/c1-2-19-8-4-3-5-14(19)15(20)18-10-11-6-7-13(17)12(16)9-11/h6-7,9,14H,2-5,8,10H2,1H3,(H,18,20)/t14-/m0/s1. The minimum absolute atomic E-state index is 0.0373. The molecule has 0 bridgehead atoms. The topological polar surface area (TPSA) is 32.3 Å². The predicted molar refractivity (Wildman–Crippen MR) is 78.1 cm³/mol. The summed E-state index contributed by atoms with van der Waals surface area (Å²) < 4.78 is 13.1. The molecule has 0 saturated carbocycles. The van der Waals surface area contributed by atoms with Gasteiger partial charge in [0.15, 0.2) is 0 Å². The van der Waals surface area contributed by atoms with Gasteiger partial charge in [-0.05, 0) is 43.6 Å². The molecule has 110 valence electrons. The Morgan fingerprint density at radius 1 is 1.50 bits per heavy atom. The Balaban J connectivity index is 1.92. The van der Waals surface area contributed by atoms with Crippen molar-refractivity contribution in [3.05, 3.63) is 34.6 Å². The lowest BCUT2D eigenvalue weighted by Crippen LogP contribution is -2.49. The molecule has 1 heterocycles. The second kappa shape index (κ2) is 7.04. The number of halogens is 2. The molecule has 1 aromatic rings. The van der Waals surface area contributed by atoms with Crippen molar-refractivity contribution in [3.8, 4) is 0 Å². The lowest BCUT2D eigenvalue weighted by atomic mass is 10.0. The van der Waals surface area contributed by atoms with Crippen LogP contribution in [-0.4, -0.2) is 29.9 Å². The number of hydrogen-bond acceptors (Lipinski definition) is 2. The monoisotopic (exact) mass is 298 g/mol. The van der Waals surface area contributed by atoms with E-state index >= 15 is 0 Å². The maximum absolute atomic E-state index is 13.1. The van der Waals surface area contributed by atoms with Gasteiger partial charge >= 0.3 is 0 Å². The molecule has 5 heteroatoms. The van der Waals surface area contributed by atoms with Gasteiger partial charge in [-0.2, -0.15) is 0 Å². The van der Waals surface area contributed by atoms with E-state index in [4.69, 9.17) is 11.6 Å². The fourth-order valence-electron chi connectivity index (χ4n) is 2.62. The van der Waals surface area contributed by atoms with Gasteiger partial charge < -0.3 is 5.32 Å². The molecule has 1 fully saturated rings. The van der Waals surface area contributed by atoms with Gasteiger partial charge in [-0.3, -0.25) is 9.69 Å². The number of carbonyl (C=O) groups is 1. The second-order valence-corrected chi connectivity index (χ2v) is 5.51. The summed E-state index contributed by atoms with van der Waals surface area (Å²) in [6.07, 6.45) is 3.16. The molecular formula is C15H20ClFN2O. The van der Waals surface area contributed by atoms with Gasteiger partial charge in [0, 0.05) is 6.54 Å². The van der Waals surface area contributed by atoms with Crippen molar-refractivity contribution >= 4 is 17.5 Å². The van der Waals surface area contributed by atoms with Crippen LogP contribution in [0.5, 0.6) is 0 Å². The van der Waals surface area contributed by atoms with E-state index < -0.39 is 5.82 Å². The predicted octanol–water partition coefficient (Wildman–Crippen LogP) is 2.97. The van der Waals surface area contributed by atoms with Crippen molar-refractivity contribution in [2.75, 3.05) is 13.1 Å². The summed E-state index contributed by atoms with van der Waals surface area (Å²) >= 11 is 5.73. The van der Waals surface area contributed by atoms with E-state index in [-0.39, 0.29) is 17.0 Å². The van der Waals surface area contributed by atoms with E-state index in [1.54, 1.807) is 12.1 Å². The zero-order valence-corrected chi connectivity index (χ0v) is 12.4. The molecule has 1 N–H and O–H groups in total. The molecule has 1 amide bonds. The van der Waals surface area contributed by atoms with Gasteiger partial charge in [0.1, 0.15) is 5.82 Å². The van der Waals surface area contributed by atoms with Gasteiger partial charge in [0.05, 0.1) is 11.1 Å². The van der Waals surface area contributed by atoms with Crippen LogP contribution in [0.3, 0.4) is 0 Å². The number of carbonyl (C=O) groups excluding carboxylic acids is 1. The van der Waals surface area contributed by atoms with Gasteiger partial charge in [-0.1, -0.05) is 31.0 Å². The third kappa shape index (κ3) is 3.70. The largest absolute Gasteiger partial charge is 0.351 e. The number of amides is 1. The molecule has 20 heavy (non-hydrogen) atoms. The van der Waals surface area contributed by atoms with Crippen LogP contribution in [0.25, 0.3) is 0 Å². The van der Waals surface area contributed by atoms with E-state index in [0.29, 0.717) is 6.54 Å². The highest BCUT2D eigenvalue weighted by molar-refractivity contribution is 6.30. The first-order chi connectivity index (χ1) is 9.61. The third-order valence-electron chi connectivity index (χ3n) is 3.77. The molecule has 1 aliphatic heterocycles. The molecule has 3 nitrogen and oxygen atoms in total. The average molecular weight is 299 g/mol. The second-order valence-electron chi connectivity index (χ2n) is 5.11. The number of benzene rings is 1. The minimum Gasteiger partial charge on any atom is -0.351 e. The highest BCUT2D eigenvalue weighted by Gasteiger charge is 2.27. The first-order valence-corrected chi connectivity index (χ1v) is 7.45. The molecule has 1 aromatic carbocycles. The normalized spacial score (nSPS) is 19.9. The zero-order valence-electron chi connectivity index (χ0n) is 11.7. The van der Waals surface area contributed by atoms with E-state index in [9.17, 15) is 9.18 Å². The minimum atomic E-state index is -0.439. The Labute approximate surface area is 124 Å². The SMILES string of the molecule is CCN1CCCC[C@H]1C(=O)NCc1ccc(F)c(Cl)c1. The number of rotatable bonds is 4. The van der Waals surface area contributed by atoms with E-state index in [2.05, 4.69) is 17.1 Å². The third-order valence-corrected chi connectivity index (χ3v) is 4.06. The Morgan fingerprint density at radius 2 is 2.30 bits per heavy atom. The summed E-state index contributed by atoms with van der Waals surface area (Å²) in [5.41, 5.74) is 0.809. The number of nitrogens with zero attached hydrogens (tertiary/aromatic N) is 1. The highest BCUT2D eigenvalue weighted by Crippen LogP contribution is 2.18. The summed E-state index contributed by atoms with van der Waals surface area (Å²) in [5.74, 6) is -0.391. The molecule has 0 aromatic heterocycles. The molecule has 2 rings (SSSR count). The first-order valence-electron chi connectivity index (χ1n) is 7.07. The van der Waals surface area contributed by atoms with Crippen LogP contribution in [0.15, 0.2) is 18.2 Å². The van der Waals surface area contributed by atoms with Crippen LogP contribution in [0.1, 0.15) is 31.7 Å². The number of nitrogens with one attached hydrogen (secondary N) is 1. The highest BCUT2D eigenvalue weighted by atomic mass is 35.5. The van der Waals surface area contributed by atoms with Gasteiger partial charge in [-0.25, -0.2) is 4.39 Å². The maximum Gasteiger partial charge on any atom is 0.237 e. The fourth-order valence-corrected chi connectivity index (χ4v) is 2.83. The van der Waals surface area contributed by atoms with E-state index in [1.165, 1.54) is 6.07 Å². The lowest BCUT2D eigenvalue weighted by Gasteiger charge is -2.33. The quantitative estimate of drug-likeness (QED) is 0.927. The maximum atomic E-state index is 13.1. The number of likely N-dealkylation sites (N-methyl/N-ethyl adjacent to an activating group) is 1. The average Bonchev–Trinajstić information content (AvgIpc) is 2.48.